The predicted octanol–water partition coefficient (Wildman–Crippen LogP) is 0.143. The van der Waals surface area contributed by atoms with Gasteiger partial charge in [-0.1, -0.05) is 0 Å². The number of nitrogens with two attached hydrogens (primary N) is 1. The minimum absolute atomic E-state index is 0.0509. The van der Waals surface area contributed by atoms with Crippen LogP contribution in [0.5, 0.6) is 0 Å². The van der Waals surface area contributed by atoms with E-state index in [9.17, 15) is 4.79 Å². The molecule has 4 fully saturated rings. The number of carbonyl (C=O) groups is 1. The molecule has 2 N–H and O–H groups in total. The van der Waals surface area contributed by atoms with Crippen molar-refractivity contribution in [1.29, 1.82) is 0 Å². The summed E-state index contributed by atoms with van der Waals surface area (Å²) in [5.41, 5.74) is 5.79. The summed E-state index contributed by atoms with van der Waals surface area (Å²) in [6, 6.07) is 0.0972. The molecular formula is C9H13NO2. The number of hydrogen-bond acceptors (Lipinski definition) is 3. The SMILES string of the molecule is COC(=O)C12C(N)C3CC1C2C3. The Balaban J connectivity index is 2.00. The fourth-order valence-electron chi connectivity index (χ4n) is 3.82. The summed E-state index contributed by atoms with van der Waals surface area (Å²) in [6.45, 7) is 0. The van der Waals surface area contributed by atoms with E-state index in [1.54, 1.807) is 0 Å². The minimum atomic E-state index is -0.223. The molecule has 0 heterocycles. The van der Waals surface area contributed by atoms with Gasteiger partial charge in [0.05, 0.1) is 12.5 Å². The number of hydrogen-bond donors (Lipinski definition) is 1. The van der Waals surface area contributed by atoms with Crippen molar-refractivity contribution in [3.05, 3.63) is 0 Å². The lowest BCUT2D eigenvalue weighted by atomic mass is 9.99. The molecule has 66 valence electrons. The van der Waals surface area contributed by atoms with Crippen LogP contribution in [0.2, 0.25) is 0 Å². The zero-order valence-corrected chi connectivity index (χ0v) is 7.12. The third kappa shape index (κ3) is 0.431. The lowest BCUT2D eigenvalue weighted by Crippen LogP contribution is -2.37. The molecule has 12 heavy (non-hydrogen) atoms. The third-order valence-corrected chi connectivity index (χ3v) is 4.32. The van der Waals surface area contributed by atoms with Crippen LogP contribution in [0.15, 0.2) is 0 Å². The van der Waals surface area contributed by atoms with Gasteiger partial charge in [0.1, 0.15) is 0 Å². The van der Waals surface area contributed by atoms with Crippen LogP contribution in [0.1, 0.15) is 12.8 Å². The van der Waals surface area contributed by atoms with E-state index in [1.807, 2.05) is 0 Å². The van der Waals surface area contributed by atoms with Gasteiger partial charge >= 0.3 is 5.97 Å². The summed E-state index contributed by atoms with van der Waals surface area (Å²) < 4.78 is 4.83. The molecule has 3 atom stereocenters. The van der Waals surface area contributed by atoms with Crippen LogP contribution in [0.4, 0.5) is 0 Å². The molecule has 0 spiro atoms. The van der Waals surface area contributed by atoms with Gasteiger partial charge in [-0.15, -0.1) is 0 Å². The lowest BCUT2D eigenvalue weighted by Gasteiger charge is -2.15. The number of ether oxygens (including phenoxy) is 1. The predicted molar refractivity (Wildman–Crippen MR) is 42.1 cm³/mol. The number of rotatable bonds is 1. The van der Waals surface area contributed by atoms with Crippen LogP contribution in [0.25, 0.3) is 0 Å². The molecule has 4 aliphatic rings. The van der Waals surface area contributed by atoms with Crippen molar-refractivity contribution < 1.29 is 9.53 Å². The molecule has 0 aromatic rings. The van der Waals surface area contributed by atoms with Gasteiger partial charge in [0, 0.05) is 6.04 Å². The van der Waals surface area contributed by atoms with E-state index in [2.05, 4.69) is 0 Å². The summed E-state index contributed by atoms with van der Waals surface area (Å²) in [5, 5.41) is 0. The summed E-state index contributed by atoms with van der Waals surface area (Å²) in [7, 11) is 1.47. The maximum atomic E-state index is 11.5. The molecule has 4 saturated carbocycles. The highest BCUT2D eigenvalue weighted by Crippen LogP contribution is 2.78. The first-order chi connectivity index (χ1) is 5.72. The summed E-state index contributed by atoms with van der Waals surface area (Å²) in [6.07, 6.45) is 2.34. The molecule has 0 amide bonds. The van der Waals surface area contributed by atoms with E-state index in [0.29, 0.717) is 17.8 Å². The Morgan fingerprint density at radius 3 is 2.42 bits per heavy atom. The van der Waals surface area contributed by atoms with E-state index in [1.165, 1.54) is 20.0 Å². The van der Waals surface area contributed by atoms with Gasteiger partial charge in [-0.2, -0.15) is 0 Å². The van der Waals surface area contributed by atoms with Gasteiger partial charge in [0.15, 0.2) is 0 Å². The number of methoxy groups -OCH3 is 1. The fraction of sp³-hybridized carbons (Fsp3) is 0.889. The van der Waals surface area contributed by atoms with Crippen molar-refractivity contribution >= 4 is 5.97 Å². The Hall–Kier alpha value is -0.570. The van der Waals surface area contributed by atoms with Gasteiger partial charge in [-0.05, 0) is 30.6 Å². The molecule has 0 radical (unpaired) electrons. The smallest absolute Gasteiger partial charge is 0.313 e. The van der Waals surface area contributed by atoms with Gasteiger partial charge in [-0.25, -0.2) is 0 Å². The van der Waals surface area contributed by atoms with Crippen LogP contribution in [0.3, 0.4) is 0 Å². The third-order valence-electron chi connectivity index (χ3n) is 4.32. The van der Waals surface area contributed by atoms with Crippen molar-refractivity contribution in [3.8, 4) is 0 Å². The van der Waals surface area contributed by atoms with Gasteiger partial charge < -0.3 is 10.5 Å². The first kappa shape index (κ1) is 6.89. The molecule has 4 rings (SSSR count). The lowest BCUT2D eigenvalue weighted by molar-refractivity contribution is -0.148. The molecule has 3 nitrogen and oxygen atoms in total. The molecule has 0 saturated heterocycles. The molecule has 0 aromatic carbocycles. The van der Waals surface area contributed by atoms with E-state index >= 15 is 0 Å². The fourth-order valence-corrected chi connectivity index (χ4v) is 3.82. The molecular weight excluding hydrogens is 154 g/mol. The second-order valence-corrected chi connectivity index (χ2v) is 4.39. The van der Waals surface area contributed by atoms with Crippen LogP contribution >= 0.6 is 0 Å². The Morgan fingerprint density at radius 2 is 2.08 bits per heavy atom. The number of carbonyl (C=O) groups excluding carboxylic acids is 1. The van der Waals surface area contributed by atoms with Gasteiger partial charge in [-0.3, -0.25) is 4.79 Å². The molecule has 4 aliphatic carbocycles. The van der Waals surface area contributed by atoms with Crippen molar-refractivity contribution in [2.24, 2.45) is 28.9 Å². The zero-order valence-electron chi connectivity index (χ0n) is 7.12. The highest BCUT2D eigenvalue weighted by Gasteiger charge is 2.82. The topological polar surface area (TPSA) is 52.3 Å². The summed E-state index contributed by atoms with van der Waals surface area (Å²) >= 11 is 0. The second-order valence-electron chi connectivity index (χ2n) is 4.39. The standard InChI is InChI=1S/C9H13NO2/c1-12-8(11)9-5-2-4(7(9)10)3-6(5)9/h4-7H,2-3,10H2,1H3. The van der Waals surface area contributed by atoms with Crippen molar-refractivity contribution in [1.82, 2.24) is 0 Å². The van der Waals surface area contributed by atoms with Crippen LogP contribution < -0.4 is 5.73 Å². The normalized spacial score (nSPS) is 58.8. The average molecular weight is 167 g/mol. The summed E-state index contributed by atoms with van der Waals surface area (Å²) in [5.74, 6) is 1.71. The van der Waals surface area contributed by atoms with E-state index < -0.39 is 0 Å². The van der Waals surface area contributed by atoms with E-state index in [0.717, 1.165) is 0 Å². The Kier molecular flexibility index (Phi) is 0.971. The largest absolute Gasteiger partial charge is 0.469 e. The van der Waals surface area contributed by atoms with Crippen LogP contribution in [0, 0.1) is 23.2 Å². The average Bonchev–Trinajstić information content (AvgIpc) is 2.46. The first-order valence-corrected chi connectivity index (χ1v) is 4.57. The zero-order chi connectivity index (χ0) is 8.51. The maximum absolute atomic E-state index is 11.5. The van der Waals surface area contributed by atoms with Crippen molar-refractivity contribution in [2.45, 2.75) is 18.9 Å². The van der Waals surface area contributed by atoms with E-state index in [4.69, 9.17) is 10.5 Å². The quantitative estimate of drug-likeness (QED) is 0.565. The Bertz CT molecular complexity index is 251. The first-order valence-electron chi connectivity index (χ1n) is 4.57. The molecule has 3 unspecified atom stereocenters. The number of esters is 1. The summed E-state index contributed by atoms with van der Waals surface area (Å²) in [4.78, 5) is 11.5. The molecule has 4 bridgehead atoms. The molecule has 3 heteroatoms. The minimum Gasteiger partial charge on any atom is -0.469 e. The van der Waals surface area contributed by atoms with E-state index in [-0.39, 0.29) is 17.4 Å². The molecule has 0 aliphatic heterocycles. The highest BCUT2D eigenvalue weighted by molar-refractivity contribution is 5.84. The Labute approximate surface area is 71.3 Å². The molecule has 0 aromatic heterocycles. The Morgan fingerprint density at radius 1 is 1.50 bits per heavy atom. The highest BCUT2D eigenvalue weighted by atomic mass is 16.5. The maximum Gasteiger partial charge on any atom is 0.313 e. The van der Waals surface area contributed by atoms with Crippen molar-refractivity contribution in [3.63, 3.8) is 0 Å². The second kappa shape index (κ2) is 1.69. The van der Waals surface area contributed by atoms with Gasteiger partial charge in [0.25, 0.3) is 0 Å². The van der Waals surface area contributed by atoms with Crippen molar-refractivity contribution in [2.75, 3.05) is 7.11 Å². The van der Waals surface area contributed by atoms with Crippen LogP contribution in [-0.4, -0.2) is 19.1 Å². The van der Waals surface area contributed by atoms with Gasteiger partial charge in [0.2, 0.25) is 0 Å². The monoisotopic (exact) mass is 167 g/mol. The van der Waals surface area contributed by atoms with Crippen LogP contribution in [-0.2, 0) is 9.53 Å².